The van der Waals surface area contributed by atoms with Crippen LogP contribution in [-0.2, 0) is 16.0 Å². The number of ether oxygens (including phenoxy) is 2. The lowest BCUT2D eigenvalue weighted by Crippen LogP contribution is -2.16. The Morgan fingerprint density at radius 1 is 1.12 bits per heavy atom. The fourth-order valence-corrected chi connectivity index (χ4v) is 1.50. The predicted molar refractivity (Wildman–Crippen MR) is 70.5 cm³/mol. The van der Waals surface area contributed by atoms with Crippen LogP contribution in [0.4, 0.5) is 0 Å². The van der Waals surface area contributed by atoms with Crippen molar-refractivity contribution in [3.63, 3.8) is 0 Å². The van der Waals surface area contributed by atoms with E-state index in [1.165, 1.54) is 5.56 Å². The molecule has 17 heavy (non-hydrogen) atoms. The zero-order valence-electron chi connectivity index (χ0n) is 10.2. The van der Waals surface area contributed by atoms with Crippen molar-refractivity contribution in [3.05, 3.63) is 34.9 Å². The second-order valence-corrected chi connectivity index (χ2v) is 4.20. The highest BCUT2D eigenvalue weighted by molar-refractivity contribution is 6.30. The highest BCUT2D eigenvalue weighted by Crippen LogP contribution is 2.08. The number of benzene rings is 1. The van der Waals surface area contributed by atoms with Crippen LogP contribution >= 0.6 is 11.6 Å². The van der Waals surface area contributed by atoms with E-state index in [0.717, 1.165) is 31.1 Å². The molecule has 1 aromatic rings. The zero-order valence-corrected chi connectivity index (χ0v) is 11.0. The molecule has 1 rings (SSSR count). The molecule has 3 nitrogen and oxygen atoms in total. The average molecular weight is 258 g/mol. The maximum absolute atomic E-state index is 5.81. The smallest absolute Gasteiger partial charge is 0.0700 e. The van der Waals surface area contributed by atoms with Gasteiger partial charge in [-0.3, -0.25) is 0 Å². The molecule has 0 aliphatic heterocycles. The molecule has 0 heterocycles. The molecule has 0 aliphatic carbocycles. The Balaban J connectivity index is 1.95. The largest absolute Gasteiger partial charge is 0.382 e. The van der Waals surface area contributed by atoms with Crippen LogP contribution in [0.15, 0.2) is 24.3 Å². The summed E-state index contributed by atoms with van der Waals surface area (Å²) in [5.74, 6) is 0. The molecule has 0 aliphatic rings. The fraction of sp³-hybridized carbons (Fsp3) is 0.538. The van der Waals surface area contributed by atoms with Crippen molar-refractivity contribution in [2.75, 3.05) is 33.5 Å². The van der Waals surface area contributed by atoms with E-state index in [1.807, 2.05) is 24.3 Å². The standard InChI is InChI=1S/C13H20ClNO2/c1-16-9-10-17-8-2-7-15-11-12-3-5-13(14)6-4-12/h3-6,15H,2,7-11H2,1H3. The number of hydrogen-bond donors (Lipinski definition) is 1. The summed E-state index contributed by atoms with van der Waals surface area (Å²) in [4.78, 5) is 0. The summed E-state index contributed by atoms with van der Waals surface area (Å²) in [6.45, 7) is 3.94. The lowest BCUT2D eigenvalue weighted by Gasteiger charge is -2.06. The Morgan fingerprint density at radius 3 is 2.59 bits per heavy atom. The number of nitrogens with one attached hydrogen (secondary N) is 1. The minimum absolute atomic E-state index is 0.665. The molecule has 0 radical (unpaired) electrons. The molecule has 0 aromatic heterocycles. The number of methoxy groups -OCH3 is 1. The monoisotopic (exact) mass is 257 g/mol. The molecule has 0 saturated heterocycles. The van der Waals surface area contributed by atoms with Crippen LogP contribution in [0.2, 0.25) is 5.02 Å². The first kappa shape index (κ1) is 14.5. The van der Waals surface area contributed by atoms with Gasteiger partial charge in [0.05, 0.1) is 13.2 Å². The number of rotatable bonds is 9. The van der Waals surface area contributed by atoms with Gasteiger partial charge in [-0.15, -0.1) is 0 Å². The SMILES string of the molecule is COCCOCCCNCc1ccc(Cl)cc1. The normalized spacial score (nSPS) is 10.7. The topological polar surface area (TPSA) is 30.5 Å². The number of hydrogen-bond acceptors (Lipinski definition) is 3. The van der Waals surface area contributed by atoms with E-state index < -0.39 is 0 Å². The highest BCUT2D eigenvalue weighted by Gasteiger charge is 1.93. The van der Waals surface area contributed by atoms with Crippen LogP contribution in [-0.4, -0.2) is 33.5 Å². The van der Waals surface area contributed by atoms with Crippen molar-refractivity contribution in [3.8, 4) is 0 Å². The summed E-state index contributed by atoms with van der Waals surface area (Å²) in [5.41, 5.74) is 1.25. The maximum Gasteiger partial charge on any atom is 0.0700 e. The summed E-state index contributed by atoms with van der Waals surface area (Å²) < 4.78 is 10.2. The van der Waals surface area contributed by atoms with E-state index in [0.29, 0.717) is 13.2 Å². The first-order chi connectivity index (χ1) is 8.33. The van der Waals surface area contributed by atoms with Crippen LogP contribution in [0.25, 0.3) is 0 Å². The van der Waals surface area contributed by atoms with Crippen molar-refractivity contribution in [1.29, 1.82) is 0 Å². The van der Waals surface area contributed by atoms with Crippen molar-refractivity contribution >= 4 is 11.6 Å². The molecule has 0 bridgehead atoms. The molecule has 1 aromatic carbocycles. The van der Waals surface area contributed by atoms with E-state index in [1.54, 1.807) is 7.11 Å². The summed E-state index contributed by atoms with van der Waals surface area (Å²) in [5, 5.41) is 4.14. The molecule has 0 atom stereocenters. The molecule has 0 amide bonds. The minimum atomic E-state index is 0.665. The van der Waals surface area contributed by atoms with Crippen LogP contribution < -0.4 is 5.32 Å². The van der Waals surface area contributed by atoms with Gasteiger partial charge in [0, 0.05) is 25.3 Å². The van der Waals surface area contributed by atoms with E-state index in [9.17, 15) is 0 Å². The molecule has 1 N–H and O–H groups in total. The predicted octanol–water partition coefficient (Wildman–Crippen LogP) is 2.48. The summed E-state index contributed by atoms with van der Waals surface area (Å²) in [6.07, 6.45) is 1.01. The first-order valence-corrected chi connectivity index (χ1v) is 6.22. The van der Waals surface area contributed by atoms with Crippen LogP contribution in [0.3, 0.4) is 0 Å². The number of halogens is 1. The molecule has 96 valence electrons. The third kappa shape index (κ3) is 7.34. The van der Waals surface area contributed by atoms with Gasteiger partial charge in [-0.25, -0.2) is 0 Å². The molecule has 0 fully saturated rings. The third-order valence-electron chi connectivity index (χ3n) is 2.32. The first-order valence-electron chi connectivity index (χ1n) is 5.85. The highest BCUT2D eigenvalue weighted by atomic mass is 35.5. The van der Waals surface area contributed by atoms with Gasteiger partial charge < -0.3 is 14.8 Å². The van der Waals surface area contributed by atoms with E-state index in [4.69, 9.17) is 21.1 Å². The van der Waals surface area contributed by atoms with Gasteiger partial charge in [0.2, 0.25) is 0 Å². The lowest BCUT2D eigenvalue weighted by molar-refractivity contribution is 0.0695. The Bertz CT molecular complexity index is 290. The van der Waals surface area contributed by atoms with Crippen molar-refractivity contribution in [1.82, 2.24) is 5.32 Å². The van der Waals surface area contributed by atoms with Crippen LogP contribution in [0.1, 0.15) is 12.0 Å². The van der Waals surface area contributed by atoms with Crippen LogP contribution in [0.5, 0.6) is 0 Å². The second kappa shape index (κ2) is 9.42. The van der Waals surface area contributed by atoms with Crippen molar-refractivity contribution < 1.29 is 9.47 Å². The Morgan fingerprint density at radius 2 is 1.88 bits per heavy atom. The van der Waals surface area contributed by atoms with Gasteiger partial charge in [0.1, 0.15) is 0 Å². The van der Waals surface area contributed by atoms with Crippen molar-refractivity contribution in [2.45, 2.75) is 13.0 Å². The van der Waals surface area contributed by atoms with E-state index in [-0.39, 0.29) is 0 Å². The van der Waals surface area contributed by atoms with Gasteiger partial charge in [0.15, 0.2) is 0 Å². The summed E-state index contributed by atoms with van der Waals surface area (Å²) in [7, 11) is 1.68. The van der Waals surface area contributed by atoms with E-state index in [2.05, 4.69) is 5.32 Å². The second-order valence-electron chi connectivity index (χ2n) is 3.76. The summed E-state index contributed by atoms with van der Waals surface area (Å²) in [6, 6.07) is 7.88. The third-order valence-corrected chi connectivity index (χ3v) is 2.57. The Hall–Kier alpha value is -0.610. The Labute approximate surface area is 108 Å². The molecule has 4 heteroatoms. The summed E-state index contributed by atoms with van der Waals surface area (Å²) >= 11 is 5.81. The maximum atomic E-state index is 5.81. The molecular formula is C13H20ClNO2. The average Bonchev–Trinajstić information content (AvgIpc) is 2.35. The van der Waals surface area contributed by atoms with Gasteiger partial charge in [-0.05, 0) is 30.7 Å². The molecule has 0 unspecified atom stereocenters. The van der Waals surface area contributed by atoms with Gasteiger partial charge >= 0.3 is 0 Å². The van der Waals surface area contributed by atoms with Gasteiger partial charge in [0.25, 0.3) is 0 Å². The minimum Gasteiger partial charge on any atom is -0.382 e. The van der Waals surface area contributed by atoms with Gasteiger partial charge in [-0.1, -0.05) is 23.7 Å². The Kier molecular flexibility index (Phi) is 8.01. The zero-order chi connectivity index (χ0) is 12.3. The molecular weight excluding hydrogens is 238 g/mol. The van der Waals surface area contributed by atoms with E-state index >= 15 is 0 Å². The van der Waals surface area contributed by atoms with Crippen LogP contribution in [0, 0.1) is 0 Å². The van der Waals surface area contributed by atoms with Gasteiger partial charge in [-0.2, -0.15) is 0 Å². The molecule has 0 spiro atoms. The van der Waals surface area contributed by atoms with Crippen molar-refractivity contribution in [2.24, 2.45) is 0 Å². The lowest BCUT2D eigenvalue weighted by atomic mass is 10.2. The molecule has 0 saturated carbocycles. The fourth-order valence-electron chi connectivity index (χ4n) is 1.38. The quantitative estimate of drug-likeness (QED) is 0.690.